The topological polar surface area (TPSA) is 88.2 Å². The molecule has 2 N–H and O–H groups in total. The van der Waals surface area contributed by atoms with Crippen LogP contribution in [0.2, 0.25) is 0 Å². The third-order valence-corrected chi connectivity index (χ3v) is 7.21. The van der Waals surface area contributed by atoms with Gasteiger partial charge in [-0.15, -0.1) is 11.3 Å². The monoisotopic (exact) mass is 481 g/mol. The Kier molecular flexibility index (Phi) is 6.26. The van der Waals surface area contributed by atoms with E-state index < -0.39 is 15.8 Å². The molecular formula is C24H20FN3O3S2. The Morgan fingerprint density at radius 2 is 1.64 bits per heavy atom. The number of amides is 1. The second kappa shape index (κ2) is 9.13. The molecule has 0 spiro atoms. The van der Waals surface area contributed by atoms with Crippen LogP contribution in [0.4, 0.5) is 15.2 Å². The summed E-state index contributed by atoms with van der Waals surface area (Å²) in [6.07, 6.45) is 0. The van der Waals surface area contributed by atoms with E-state index in [1.165, 1.54) is 58.9 Å². The lowest BCUT2D eigenvalue weighted by Crippen LogP contribution is -2.14. The van der Waals surface area contributed by atoms with E-state index in [1.807, 2.05) is 31.4 Å². The standard InChI is InChI=1S/C24H20FN3O3S2/c1-15-3-4-18(13-16(15)2)22-14-32-24(26-22)27-23(29)17-5-9-20(10-6-17)28-33(30,31)21-11-7-19(25)8-12-21/h3-14,28H,1-2H3,(H,26,27,29). The third-order valence-electron chi connectivity index (χ3n) is 5.05. The number of carbonyl (C=O) groups excluding carboxylic acids is 1. The average Bonchev–Trinajstić information content (AvgIpc) is 3.24. The number of hydrogen-bond donors (Lipinski definition) is 2. The summed E-state index contributed by atoms with van der Waals surface area (Å²) in [5, 5.41) is 5.12. The number of sulfonamides is 1. The zero-order valence-corrected chi connectivity index (χ0v) is 19.4. The molecule has 1 amide bonds. The molecule has 4 aromatic rings. The Balaban J connectivity index is 1.43. The van der Waals surface area contributed by atoms with Crippen molar-refractivity contribution in [1.29, 1.82) is 0 Å². The molecule has 1 aromatic heterocycles. The Morgan fingerprint density at radius 3 is 2.30 bits per heavy atom. The molecule has 0 aliphatic carbocycles. The fourth-order valence-electron chi connectivity index (χ4n) is 3.05. The molecule has 3 aromatic carbocycles. The van der Waals surface area contributed by atoms with Gasteiger partial charge in [-0.05, 0) is 79.6 Å². The summed E-state index contributed by atoms with van der Waals surface area (Å²) in [6.45, 7) is 4.09. The smallest absolute Gasteiger partial charge is 0.261 e. The van der Waals surface area contributed by atoms with E-state index in [2.05, 4.69) is 21.1 Å². The summed E-state index contributed by atoms with van der Waals surface area (Å²) >= 11 is 1.33. The van der Waals surface area contributed by atoms with Gasteiger partial charge in [0.1, 0.15) is 5.82 Å². The minimum Gasteiger partial charge on any atom is -0.298 e. The third kappa shape index (κ3) is 5.27. The maximum Gasteiger partial charge on any atom is 0.261 e. The van der Waals surface area contributed by atoms with Crippen molar-refractivity contribution in [1.82, 2.24) is 4.98 Å². The molecular weight excluding hydrogens is 461 g/mol. The van der Waals surface area contributed by atoms with Crippen molar-refractivity contribution in [3.63, 3.8) is 0 Å². The second-order valence-corrected chi connectivity index (χ2v) is 9.97. The minimum absolute atomic E-state index is 0.0611. The van der Waals surface area contributed by atoms with Crippen molar-refractivity contribution in [3.05, 3.63) is 94.6 Å². The van der Waals surface area contributed by atoms with Crippen molar-refractivity contribution in [3.8, 4) is 11.3 Å². The highest BCUT2D eigenvalue weighted by molar-refractivity contribution is 7.92. The molecule has 0 saturated carbocycles. The molecule has 0 saturated heterocycles. The van der Waals surface area contributed by atoms with Crippen molar-refractivity contribution in [2.24, 2.45) is 0 Å². The first kappa shape index (κ1) is 22.6. The first-order valence-electron chi connectivity index (χ1n) is 9.94. The van der Waals surface area contributed by atoms with E-state index in [4.69, 9.17) is 0 Å². The van der Waals surface area contributed by atoms with Gasteiger partial charge in [-0.1, -0.05) is 12.1 Å². The molecule has 0 fully saturated rings. The molecule has 0 unspecified atom stereocenters. The van der Waals surface area contributed by atoms with Gasteiger partial charge in [0, 0.05) is 22.2 Å². The van der Waals surface area contributed by atoms with E-state index in [-0.39, 0.29) is 16.5 Å². The van der Waals surface area contributed by atoms with Gasteiger partial charge in [-0.25, -0.2) is 17.8 Å². The number of hydrogen-bond acceptors (Lipinski definition) is 5. The van der Waals surface area contributed by atoms with Crippen LogP contribution >= 0.6 is 11.3 Å². The molecule has 0 aliphatic rings. The highest BCUT2D eigenvalue weighted by Gasteiger charge is 2.15. The Hall–Kier alpha value is -3.56. The molecule has 168 valence electrons. The lowest BCUT2D eigenvalue weighted by molar-refractivity contribution is 0.102. The SMILES string of the molecule is Cc1ccc(-c2csc(NC(=O)c3ccc(NS(=O)(=O)c4ccc(F)cc4)cc3)n2)cc1C. The van der Waals surface area contributed by atoms with E-state index in [9.17, 15) is 17.6 Å². The number of halogens is 1. The summed E-state index contributed by atoms with van der Waals surface area (Å²) in [4.78, 5) is 17.0. The maximum atomic E-state index is 13.0. The van der Waals surface area contributed by atoms with Gasteiger partial charge >= 0.3 is 0 Å². The minimum atomic E-state index is -3.87. The molecule has 0 radical (unpaired) electrons. The van der Waals surface area contributed by atoms with Crippen LogP contribution in [0, 0.1) is 19.7 Å². The second-order valence-electron chi connectivity index (χ2n) is 7.43. The number of thiazole rings is 1. The lowest BCUT2D eigenvalue weighted by Gasteiger charge is -2.09. The van der Waals surface area contributed by atoms with Crippen molar-refractivity contribution in [2.75, 3.05) is 10.0 Å². The number of anilines is 2. The van der Waals surface area contributed by atoms with Crippen LogP contribution in [0.25, 0.3) is 11.3 Å². The van der Waals surface area contributed by atoms with Gasteiger partial charge in [0.25, 0.3) is 15.9 Å². The van der Waals surface area contributed by atoms with E-state index >= 15 is 0 Å². The quantitative estimate of drug-likeness (QED) is 0.374. The van der Waals surface area contributed by atoms with Gasteiger partial charge < -0.3 is 0 Å². The van der Waals surface area contributed by atoms with E-state index in [1.54, 1.807) is 0 Å². The van der Waals surface area contributed by atoms with Crippen molar-refractivity contribution < 1.29 is 17.6 Å². The van der Waals surface area contributed by atoms with Crippen LogP contribution in [0.15, 0.2) is 77.0 Å². The number of carbonyl (C=O) groups is 1. The van der Waals surface area contributed by atoms with Crippen LogP contribution in [-0.4, -0.2) is 19.3 Å². The molecule has 1 heterocycles. The summed E-state index contributed by atoms with van der Waals surface area (Å²) in [5.74, 6) is -0.880. The normalized spacial score (nSPS) is 11.2. The molecule has 0 atom stereocenters. The number of nitrogens with one attached hydrogen (secondary N) is 2. The molecule has 9 heteroatoms. The molecule has 0 bridgehead atoms. The molecule has 0 aliphatic heterocycles. The summed E-state index contributed by atoms with van der Waals surface area (Å²) < 4.78 is 40.3. The van der Waals surface area contributed by atoms with Crippen LogP contribution in [0.5, 0.6) is 0 Å². The number of benzene rings is 3. The first-order chi connectivity index (χ1) is 15.7. The Labute approximate surface area is 195 Å². The van der Waals surface area contributed by atoms with Crippen LogP contribution in [-0.2, 0) is 10.0 Å². The fourth-order valence-corrected chi connectivity index (χ4v) is 4.82. The van der Waals surface area contributed by atoms with Gasteiger partial charge in [-0.3, -0.25) is 14.8 Å². The molecule has 33 heavy (non-hydrogen) atoms. The van der Waals surface area contributed by atoms with Crippen molar-refractivity contribution in [2.45, 2.75) is 18.7 Å². The zero-order valence-electron chi connectivity index (χ0n) is 17.8. The number of rotatable bonds is 6. The van der Waals surface area contributed by atoms with Gasteiger partial charge in [0.05, 0.1) is 10.6 Å². The van der Waals surface area contributed by atoms with Crippen LogP contribution in [0.3, 0.4) is 0 Å². The van der Waals surface area contributed by atoms with Gasteiger partial charge in [0.15, 0.2) is 5.13 Å². The number of nitrogens with zero attached hydrogens (tertiary/aromatic N) is 1. The highest BCUT2D eigenvalue weighted by Crippen LogP contribution is 2.27. The summed E-state index contributed by atoms with van der Waals surface area (Å²) in [5.41, 5.74) is 4.76. The van der Waals surface area contributed by atoms with Crippen LogP contribution in [0.1, 0.15) is 21.5 Å². The highest BCUT2D eigenvalue weighted by atomic mass is 32.2. The number of aromatic nitrogens is 1. The first-order valence-corrected chi connectivity index (χ1v) is 12.3. The predicted octanol–water partition coefficient (Wildman–Crippen LogP) is 5.62. The van der Waals surface area contributed by atoms with Gasteiger partial charge in [0.2, 0.25) is 0 Å². The largest absolute Gasteiger partial charge is 0.298 e. The summed E-state index contributed by atoms with van der Waals surface area (Å²) in [6, 6.07) is 16.6. The van der Waals surface area contributed by atoms with Gasteiger partial charge in [-0.2, -0.15) is 0 Å². The maximum absolute atomic E-state index is 13.0. The lowest BCUT2D eigenvalue weighted by atomic mass is 10.1. The Bertz CT molecular complexity index is 1410. The predicted molar refractivity (Wildman–Crippen MR) is 129 cm³/mol. The van der Waals surface area contributed by atoms with E-state index in [0.29, 0.717) is 10.7 Å². The average molecular weight is 482 g/mol. The zero-order chi connectivity index (χ0) is 23.6. The molecule has 4 rings (SSSR count). The molecule has 6 nitrogen and oxygen atoms in total. The van der Waals surface area contributed by atoms with E-state index in [0.717, 1.165) is 23.4 Å². The fraction of sp³-hybridized carbons (Fsp3) is 0.0833. The van der Waals surface area contributed by atoms with Crippen molar-refractivity contribution >= 4 is 38.1 Å². The number of aryl methyl sites for hydroxylation is 2. The summed E-state index contributed by atoms with van der Waals surface area (Å²) in [7, 11) is -3.87. The van der Waals surface area contributed by atoms with Crippen LogP contribution < -0.4 is 10.0 Å². The Morgan fingerprint density at radius 1 is 0.939 bits per heavy atom.